The van der Waals surface area contributed by atoms with Crippen molar-refractivity contribution >= 4 is 5.82 Å². The van der Waals surface area contributed by atoms with E-state index in [4.69, 9.17) is 0 Å². The summed E-state index contributed by atoms with van der Waals surface area (Å²) >= 11 is 0. The lowest BCUT2D eigenvalue weighted by atomic mass is 10.1. The average molecular weight is 217 g/mol. The Morgan fingerprint density at radius 3 is 2.75 bits per heavy atom. The van der Waals surface area contributed by atoms with Crippen molar-refractivity contribution in [1.82, 2.24) is 19.7 Å². The van der Waals surface area contributed by atoms with E-state index in [-0.39, 0.29) is 0 Å². The van der Waals surface area contributed by atoms with Gasteiger partial charge in [-0.2, -0.15) is 5.10 Å². The van der Waals surface area contributed by atoms with E-state index in [9.17, 15) is 0 Å². The molecule has 2 aromatic rings. The van der Waals surface area contributed by atoms with E-state index in [2.05, 4.69) is 27.3 Å². The summed E-state index contributed by atoms with van der Waals surface area (Å²) in [6.07, 6.45) is 6.25. The summed E-state index contributed by atoms with van der Waals surface area (Å²) < 4.78 is 1.77. The fourth-order valence-electron chi connectivity index (χ4n) is 1.75. The highest BCUT2D eigenvalue weighted by Crippen LogP contribution is 2.25. The van der Waals surface area contributed by atoms with Gasteiger partial charge >= 0.3 is 0 Å². The molecule has 84 valence electrons. The molecule has 0 radical (unpaired) electrons. The van der Waals surface area contributed by atoms with Crippen LogP contribution in [0.15, 0.2) is 18.7 Å². The maximum atomic E-state index is 4.34. The van der Waals surface area contributed by atoms with Crippen LogP contribution >= 0.6 is 0 Å². The highest BCUT2D eigenvalue weighted by atomic mass is 15.2. The third-order valence-electron chi connectivity index (χ3n) is 2.51. The van der Waals surface area contributed by atoms with E-state index in [0.29, 0.717) is 0 Å². The summed E-state index contributed by atoms with van der Waals surface area (Å²) in [4.78, 5) is 8.55. The second-order valence-electron chi connectivity index (χ2n) is 3.56. The largest absolute Gasteiger partial charge is 0.373 e. The van der Waals surface area contributed by atoms with Gasteiger partial charge in [-0.25, -0.2) is 9.97 Å². The first-order valence-corrected chi connectivity index (χ1v) is 5.27. The molecule has 0 fully saturated rings. The molecule has 0 aromatic carbocycles. The van der Waals surface area contributed by atoms with Crippen molar-refractivity contribution in [2.45, 2.75) is 13.3 Å². The smallest absolute Gasteiger partial charge is 0.132 e. The molecule has 5 heteroatoms. The van der Waals surface area contributed by atoms with Crippen molar-refractivity contribution in [3.05, 3.63) is 24.3 Å². The molecule has 0 spiro atoms. The standard InChI is InChI=1S/C11H15N5/c1-4-9-10(8-5-15-16(3)6-8)13-7-14-11(9)12-2/h5-7H,4H2,1-3H3,(H,12,13,14). The zero-order chi connectivity index (χ0) is 11.5. The quantitative estimate of drug-likeness (QED) is 0.846. The van der Waals surface area contributed by atoms with Gasteiger partial charge in [0.25, 0.3) is 0 Å². The van der Waals surface area contributed by atoms with Gasteiger partial charge in [0.05, 0.1) is 11.9 Å². The Morgan fingerprint density at radius 2 is 2.19 bits per heavy atom. The van der Waals surface area contributed by atoms with Crippen molar-refractivity contribution in [2.24, 2.45) is 7.05 Å². The molecule has 0 bridgehead atoms. The van der Waals surface area contributed by atoms with Crippen molar-refractivity contribution in [3.8, 4) is 11.3 Å². The molecule has 0 atom stereocenters. The molecule has 16 heavy (non-hydrogen) atoms. The summed E-state index contributed by atoms with van der Waals surface area (Å²) in [5.41, 5.74) is 3.10. The first-order valence-electron chi connectivity index (χ1n) is 5.27. The molecule has 2 heterocycles. The summed E-state index contributed by atoms with van der Waals surface area (Å²) in [6, 6.07) is 0. The van der Waals surface area contributed by atoms with Crippen LogP contribution in [0.2, 0.25) is 0 Å². The Hall–Kier alpha value is -1.91. The van der Waals surface area contributed by atoms with Crippen LogP contribution in [0.4, 0.5) is 5.82 Å². The molecule has 2 aromatic heterocycles. The van der Waals surface area contributed by atoms with Gasteiger partial charge in [0, 0.05) is 31.4 Å². The zero-order valence-electron chi connectivity index (χ0n) is 9.73. The van der Waals surface area contributed by atoms with Gasteiger partial charge in [-0.05, 0) is 6.42 Å². The highest BCUT2D eigenvalue weighted by molar-refractivity contribution is 5.66. The van der Waals surface area contributed by atoms with Gasteiger partial charge in [0.15, 0.2) is 0 Å². The molecule has 0 aliphatic rings. The zero-order valence-corrected chi connectivity index (χ0v) is 9.73. The number of nitrogens with zero attached hydrogens (tertiary/aromatic N) is 4. The maximum absolute atomic E-state index is 4.34. The minimum atomic E-state index is 0.886. The molecule has 0 saturated carbocycles. The molecule has 1 N–H and O–H groups in total. The lowest BCUT2D eigenvalue weighted by molar-refractivity contribution is 0.768. The summed E-state index contributed by atoms with van der Waals surface area (Å²) in [5.74, 6) is 0.886. The predicted molar refractivity (Wildman–Crippen MR) is 63.2 cm³/mol. The average Bonchev–Trinajstić information content (AvgIpc) is 2.74. The Morgan fingerprint density at radius 1 is 1.38 bits per heavy atom. The SMILES string of the molecule is CCc1c(NC)ncnc1-c1cnn(C)c1. The van der Waals surface area contributed by atoms with E-state index in [0.717, 1.165) is 29.1 Å². The molecule has 0 aliphatic carbocycles. The number of anilines is 1. The van der Waals surface area contributed by atoms with Crippen molar-refractivity contribution in [1.29, 1.82) is 0 Å². The molecular formula is C11H15N5. The molecule has 0 unspecified atom stereocenters. The van der Waals surface area contributed by atoms with Crippen LogP contribution in [-0.4, -0.2) is 26.8 Å². The minimum Gasteiger partial charge on any atom is -0.373 e. The van der Waals surface area contributed by atoms with Gasteiger partial charge in [0.1, 0.15) is 12.1 Å². The van der Waals surface area contributed by atoms with Crippen LogP contribution in [0, 0.1) is 0 Å². The van der Waals surface area contributed by atoms with Gasteiger partial charge in [0.2, 0.25) is 0 Å². The van der Waals surface area contributed by atoms with Crippen molar-refractivity contribution in [3.63, 3.8) is 0 Å². The van der Waals surface area contributed by atoms with Crippen molar-refractivity contribution < 1.29 is 0 Å². The van der Waals surface area contributed by atoms with Gasteiger partial charge < -0.3 is 5.32 Å². The number of aryl methyl sites for hydroxylation is 1. The molecule has 2 rings (SSSR count). The third kappa shape index (κ3) is 1.76. The monoisotopic (exact) mass is 217 g/mol. The second-order valence-corrected chi connectivity index (χ2v) is 3.56. The molecule has 0 amide bonds. The third-order valence-corrected chi connectivity index (χ3v) is 2.51. The minimum absolute atomic E-state index is 0.886. The van der Waals surface area contributed by atoms with Crippen LogP contribution in [0.1, 0.15) is 12.5 Å². The fourth-order valence-corrected chi connectivity index (χ4v) is 1.75. The van der Waals surface area contributed by atoms with Gasteiger partial charge in [-0.3, -0.25) is 4.68 Å². The molecule has 0 aliphatic heterocycles. The van der Waals surface area contributed by atoms with E-state index >= 15 is 0 Å². The summed E-state index contributed by atoms with van der Waals surface area (Å²) in [7, 11) is 3.77. The highest BCUT2D eigenvalue weighted by Gasteiger charge is 2.11. The lowest BCUT2D eigenvalue weighted by Gasteiger charge is -2.09. The summed E-state index contributed by atoms with van der Waals surface area (Å²) in [5, 5.41) is 7.24. The number of hydrogen-bond acceptors (Lipinski definition) is 4. The van der Waals surface area contributed by atoms with Crippen LogP contribution < -0.4 is 5.32 Å². The van der Waals surface area contributed by atoms with Gasteiger partial charge in [-0.15, -0.1) is 0 Å². The van der Waals surface area contributed by atoms with Gasteiger partial charge in [-0.1, -0.05) is 6.92 Å². The normalized spacial score (nSPS) is 10.4. The molecule has 0 saturated heterocycles. The number of nitrogens with one attached hydrogen (secondary N) is 1. The first kappa shape index (κ1) is 10.6. The van der Waals surface area contributed by atoms with Crippen LogP contribution in [0.25, 0.3) is 11.3 Å². The Labute approximate surface area is 94.5 Å². The Kier molecular flexibility index (Phi) is 2.85. The summed E-state index contributed by atoms with van der Waals surface area (Å²) in [6.45, 7) is 2.10. The number of aromatic nitrogens is 4. The van der Waals surface area contributed by atoms with Crippen LogP contribution in [0.5, 0.6) is 0 Å². The first-order chi connectivity index (χ1) is 7.76. The number of hydrogen-bond donors (Lipinski definition) is 1. The topological polar surface area (TPSA) is 55.6 Å². The second kappa shape index (κ2) is 4.30. The Bertz CT molecular complexity index is 489. The Balaban J connectivity index is 2.56. The number of rotatable bonds is 3. The van der Waals surface area contributed by atoms with Crippen molar-refractivity contribution in [2.75, 3.05) is 12.4 Å². The van der Waals surface area contributed by atoms with Crippen LogP contribution in [-0.2, 0) is 13.5 Å². The van der Waals surface area contributed by atoms with E-state index in [1.807, 2.05) is 26.5 Å². The predicted octanol–water partition coefficient (Wildman–Crippen LogP) is 1.48. The van der Waals surface area contributed by atoms with Crippen LogP contribution in [0.3, 0.4) is 0 Å². The fraction of sp³-hybridized carbons (Fsp3) is 0.364. The lowest BCUT2D eigenvalue weighted by Crippen LogP contribution is -2.01. The van der Waals surface area contributed by atoms with E-state index < -0.39 is 0 Å². The van der Waals surface area contributed by atoms with E-state index in [1.54, 1.807) is 11.0 Å². The molecule has 5 nitrogen and oxygen atoms in total. The maximum Gasteiger partial charge on any atom is 0.132 e. The van der Waals surface area contributed by atoms with E-state index in [1.165, 1.54) is 0 Å². The molecular weight excluding hydrogens is 202 g/mol.